The van der Waals surface area contributed by atoms with Gasteiger partial charge < -0.3 is 39.4 Å². The molecular weight excluding hydrogens is 723 g/mol. The lowest BCUT2D eigenvalue weighted by molar-refractivity contribution is -0.302. The summed E-state index contributed by atoms with van der Waals surface area (Å²) in [5.41, 5.74) is 7.54. The molecule has 3 fully saturated rings. The summed E-state index contributed by atoms with van der Waals surface area (Å²) in [5.74, 6) is -7.58. The number of aliphatic hydroxyl groups is 1. The first kappa shape index (κ1) is 46.1. The Morgan fingerprint density at radius 1 is 0.964 bits per heavy atom. The third-order valence-corrected chi connectivity index (χ3v) is 13.1. The zero-order chi connectivity index (χ0) is 41.5. The van der Waals surface area contributed by atoms with Crippen molar-refractivity contribution in [3.05, 3.63) is 23.3 Å². The van der Waals surface area contributed by atoms with Gasteiger partial charge in [0, 0.05) is 52.2 Å². The Balaban J connectivity index is 1.76. The number of ether oxygens (including phenoxy) is 5. The highest BCUT2D eigenvalue weighted by atomic mass is 19.1. The molecule has 0 radical (unpaired) electrons. The molecule has 2 saturated heterocycles. The van der Waals surface area contributed by atoms with Crippen LogP contribution in [0.4, 0.5) is 4.39 Å². The highest BCUT2D eigenvalue weighted by molar-refractivity contribution is 6.39. The first-order valence-corrected chi connectivity index (χ1v) is 20.8. The highest BCUT2D eigenvalue weighted by Crippen LogP contribution is 2.39. The summed E-state index contributed by atoms with van der Waals surface area (Å²) in [7, 11) is 4.58. The van der Waals surface area contributed by atoms with Gasteiger partial charge in [0.15, 0.2) is 0 Å². The Morgan fingerprint density at radius 3 is 2.27 bits per heavy atom. The predicted molar refractivity (Wildman–Crippen MR) is 209 cm³/mol. The summed E-state index contributed by atoms with van der Waals surface area (Å²) in [6.45, 7) is 10.9. The zero-order valence-electron chi connectivity index (χ0n) is 35.2. The van der Waals surface area contributed by atoms with E-state index in [1.807, 2.05) is 20.8 Å². The molecule has 0 aromatic rings. The Labute approximate surface area is 333 Å². The SMILES string of the molecule is CCC1C=C(C)C(F)C(C)CC(OC)C2OC(O)(C(=O)C(=O)N3CCCCC3C(=O)OC(C(C)=CC3CCC(N)C(OC)C3)C(C)CCC1=O)C(C)CC2OC. The molecule has 3 N–H and O–H groups in total. The minimum Gasteiger partial charge on any atom is -0.456 e. The van der Waals surface area contributed by atoms with Crippen molar-refractivity contribution in [3.63, 3.8) is 0 Å². The van der Waals surface area contributed by atoms with E-state index in [1.54, 1.807) is 34.0 Å². The number of carbonyl (C=O) groups is 4. The van der Waals surface area contributed by atoms with Crippen molar-refractivity contribution in [1.82, 2.24) is 4.90 Å². The zero-order valence-corrected chi connectivity index (χ0v) is 35.2. The largest absolute Gasteiger partial charge is 0.456 e. The second kappa shape index (κ2) is 20.4. The second-order valence-electron chi connectivity index (χ2n) is 17.1. The van der Waals surface area contributed by atoms with Crippen molar-refractivity contribution in [1.29, 1.82) is 0 Å². The first-order chi connectivity index (χ1) is 26.5. The number of cyclic esters (lactones) is 1. The number of halogens is 1. The molecule has 14 unspecified atom stereocenters. The highest BCUT2D eigenvalue weighted by Gasteiger charge is 2.56. The Morgan fingerprint density at radius 2 is 1.62 bits per heavy atom. The molecule has 3 aliphatic heterocycles. The first-order valence-electron chi connectivity index (χ1n) is 20.8. The van der Waals surface area contributed by atoms with E-state index >= 15 is 4.39 Å². The minimum atomic E-state index is -2.56. The number of alkyl halides is 1. The van der Waals surface area contributed by atoms with Crippen LogP contribution in [0.5, 0.6) is 0 Å². The molecule has 4 aliphatic rings. The number of amides is 1. The standard InChI is InChI=1S/C43H69FN2O10/c1-10-30-20-25(3)37(44)26(4)21-35(53-8)39-36(54-9)22-28(6)43(51,56-39)40(48)41(49)46-18-12-11-13-32(46)42(50)55-38(24(2)14-17-33(30)47)27(5)19-29-15-16-31(45)34(23-29)52-7/h19-20,24,26,28-32,34-39,51H,10-18,21-23,45H2,1-9H3. The van der Waals surface area contributed by atoms with Crippen LogP contribution in [0, 0.1) is 29.6 Å². The van der Waals surface area contributed by atoms with Crippen LogP contribution in [-0.2, 0) is 42.9 Å². The van der Waals surface area contributed by atoms with Gasteiger partial charge in [0.2, 0.25) is 5.79 Å². The Bertz CT molecular complexity index is 1440. The number of hydrogen-bond donors (Lipinski definition) is 2. The lowest BCUT2D eigenvalue weighted by Gasteiger charge is -2.47. The monoisotopic (exact) mass is 792 g/mol. The third-order valence-electron chi connectivity index (χ3n) is 13.1. The maximum absolute atomic E-state index is 16.2. The quantitative estimate of drug-likeness (QED) is 0.201. The number of Topliss-reactive ketones (excluding diaryl/α,β-unsaturated/α-hetero) is 2. The van der Waals surface area contributed by atoms with Crippen molar-refractivity contribution in [2.75, 3.05) is 27.9 Å². The molecule has 0 aromatic heterocycles. The van der Waals surface area contributed by atoms with Crippen LogP contribution in [0.1, 0.15) is 112 Å². The summed E-state index contributed by atoms with van der Waals surface area (Å²) < 4.78 is 45.9. The van der Waals surface area contributed by atoms with Gasteiger partial charge in [0.1, 0.15) is 30.2 Å². The molecule has 13 heteroatoms. The smallest absolute Gasteiger partial charge is 0.329 e. The summed E-state index contributed by atoms with van der Waals surface area (Å²) in [6.07, 6.45) is 4.28. The third kappa shape index (κ3) is 10.5. The molecule has 1 aliphatic carbocycles. The van der Waals surface area contributed by atoms with Gasteiger partial charge in [-0.15, -0.1) is 0 Å². The summed E-state index contributed by atoms with van der Waals surface area (Å²) in [5, 5.41) is 12.0. The lowest BCUT2D eigenvalue weighted by Crippen LogP contribution is -2.64. The van der Waals surface area contributed by atoms with Crippen molar-refractivity contribution in [3.8, 4) is 0 Å². The van der Waals surface area contributed by atoms with Crippen molar-refractivity contribution in [2.45, 2.75) is 167 Å². The van der Waals surface area contributed by atoms with Crippen molar-refractivity contribution in [2.24, 2.45) is 35.3 Å². The molecule has 4 rings (SSSR count). The normalized spacial score (nSPS) is 40.6. The van der Waals surface area contributed by atoms with Crippen LogP contribution in [0.2, 0.25) is 0 Å². The number of ketones is 2. The number of rotatable bonds is 6. The number of piperidine rings is 1. The molecular formula is C43H69FN2O10. The maximum Gasteiger partial charge on any atom is 0.329 e. The second-order valence-corrected chi connectivity index (χ2v) is 17.1. The van der Waals surface area contributed by atoms with Crippen LogP contribution in [0.15, 0.2) is 23.3 Å². The van der Waals surface area contributed by atoms with Crippen LogP contribution >= 0.6 is 0 Å². The summed E-state index contributed by atoms with van der Waals surface area (Å²) in [6, 6.07) is -1.13. The van der Waals surface area contributed by atoms with E-state index in [1.165, 1.54) is 19.1 Å². The van der Waals surface area contributed by atoms with Crippen molar-refractivity contribution < 1.29 is 52.4 Å². The number of esters is 1. The predicted octanol–water partition coefficient (Wildman–Crippen LogP) is 5.42. The van der Waals surface area contributed by atoms with Gasteiger partial charge in [-0.3, -0.25) is 14.4 Å². The van der Waals surface area contributed by atoms with Gasteiger partial charge in [-0.1, -0.05) is 39.8 Å². The van der Waals surface area contributed by atoms with E-state index in [4.69, 9.17) is 29.4 Å². The van der Waals surface area contributed by atoms with E-state index in [2.05, 4.69) is 6.08 Å². The topological polar surface area (TPSA) is 164 Å². The average molecular weight is 793 g/mol. The maximum atomic E-state index is 16.2. The fourth-order valence-corrected chi connectivity index (χ4v) is 9.36. The Hall–Kier alpha value is -2.55. The van der Waals surface area contributed by atoms with Crippen LogP contribution in [0.3, 0.4) is 0 Å². The molecule has 0 aromatic carbocycles. The van der Waals surface area contributed by atoms with Gasteiger partial charge in [0.05, 0.1) is 18.3 Å². The molecule has 14 atom stereocenters. The molecule has 3 heterocycles. The lowest BCUT2D eigenvalue weighted by atomic mass is 9.81. The van der Waals surface area contributed by atoms with Crippen LogP contribution < -0.4 is 5.73 Å². The number of carbonyl (C=O) groups excluding carboxylic acids is 4. The van der Waals surface area contributed by atoms with E-state index in [9.17, 15) is 24.3 Å². The molecule has 1 amide bonds. The number of fused-ring (bicyclic) bond motifs is 3. The van der Waals surface area contributed by atoms with Gasteiger partial charge >= 0.3 is 5.97 Å². The summed E-state index contributed by atoms with van der Waals surface area (Å²) >= 11 is 0. The van der Waals surface area contributed by atoms with Gasteiger partial charge in [-0.25, -0.2) is 9.18 Å². The van der Waals surface area contributed by atoms with Gasteiger partial charge in [0.25, 0.3) is 11.7 Å². The van der Waals surface area contributed by atoms with E-state index in [0.717, 1.165) is 18.4 Å². The Kier molecular flexibility index (Phi) is 16.8. The van der Waals surface area contributed by atoms with E-state index < -0.39 is 77.8 Å². The minimum absolute atomic E-state index is 0.0235. The number of nitrogens with two attached hydrogens (primary N) is 1. The van der Waals surface area contributed by atoms with Gasteiger partial charge in [-0.2, -0.15) is 0 Å². The van der Waals surface area contributed by atoms with E-state index in [-0.39, 0.29) is 62.0 Å². The average Bonchev–Trinajstić information content (AvgIpc) is 3.19. The van der Waals surface area contributed by atoms with Crippen LogP contribution in [-0.4, -0.2) is 116 Å². The molecule has 318 valence electrons. The van der Waals surface area contributed by atoms with Gasteiger partial charge in [-0.05, 0) is 107 Å². The number of methoxy groups -OCH3 is 3. The molecule has 12 nitrogen and oxygen atoms in total. The number of hydrogen-bond acceptors (Lipinski definition) is 11. The molecule has 2 bridgehead atoms. The van der Waals surface area contributed by atoms with Crippen LogP contribution in [0.25, 0.3) is 0 Å². The summed E-state index contributed by atoms with van der Waals surface area (Å²) in [4.78, 5) is 57.6. The van der Waals surface area contributed by atoms with E-state index in [0.29, 0.717) is 37.7 Å². The molecule has 1 saturated carbocycles. The molecule has 56 heavy (non-hydrogen) atoms. The number of nitrogens with zero attached hydrogens (tertiary/aromatic N) is 1. The fraction of sp³-hybridized carbons (Fsp3) is 0.814. The van der Waals surface area contributed by atoms with Crippen molar-refractivity contribution >= 4 is 23.4 Å². The number of allylic oxidation sites excluding steroid dienone is 3. The molecule has 0 spiro atoms. The fourth-order valence-electron chi connectivity index (χ4n) is 9.36.